The Morgan fingerprint density at radius 2 is 2.20 bits per heavy atom. The van der Waals surface area contributed by atoms with Crippen LogP contribution in [0.4, 0.5) is 0 Å². The summed E-state index contributed by atoms with van der Waals surface area (Å²) < 4.78 is 11.2. The van der Waals surface area contributed by atoms with Crippen LogP contribution in [0.2, 0.25) is 0 Å². The number of hydrogen-bond donors (Lipinski definition) is 0. The third-order valence-electron chi connectivity index (χ3n) is 5.17. The second kappa shape index (κ2) is 4.96. The maximum Gasteiger partial charge on any atom is 0.231 e. The van der Waals surface area contributed by atoms with E-state index < -0.39 is 0 Å². The molecular weight excluding hydrogens is 250 g/mol. The van der Waals surface area contributed by atoms with Crippen molar-refractivity contribution in [1.82, 2.24) is 4.90 Å². The molecule has 0 bridgehead atoms. The van der Waals surface area contributed by atoms with Crippen LogP contribution in [-0.2, 0) is 6.42 Å². The zero-order valence-electron chi connectivity index (χ0n) is 12.2. The highest BCUT2D eigenvalue weighted by atomic mass is 16.7. The van der Waals surface area contributed by atoms with E-state index in [1.54, 1.807) is 0 Å². The first-order valence-corrected chi connectivity index (χ1v) is 8.04. The molecule has 1 aromatic rings. The zero-order valence-corrected chi connectivity index (χ0v) is 12.2. The van der Waals surface area contributed by atoms with Crippen LogP contribution in [0.3, 0.4) is 0 Å². The van der Waals surface area contributed by atoms with Crippen molar-refractivity contribution in [3.63, 3.8) is 0 Å². The lowest BCUT2D eigenvalue weighted by atomic mass is 9.74. The molecule has 1 aromatic carbocycles. The summed E-state index contributed by atoms with van der Waals surface area (Å²) in [4.78, 5) is 2.72. The normalized spacial score (nSPS) is 28.1. The second-order valence-electron chi connectivity index (χ2n) is 6.26. The van der Waals surface area contributed by atoms with Crippen molar-refractivity contribution in [1.29, 1.82) is 0 Å². The molecular formula is C17H23NO2. The molecule has 1 aliphatic carbocycles. The molecule has 3 heteroatoms. The predicted molar refractivity (Wildman–Crippen MR) is 78.5 cm³/mol. The van der Waals surface area contributed by atoms with Crippen LogP contribution in [0.1, 0.15) is 49.7 Å². The Morgan fingerprint density at radius 3 is 3.10 bits per heavy atom. The van der Waals surface area contributed by atoms with Gasteiger partial charge in [-0.05, 0) is 62.7 Å². The molecule has 1 saturated heterocycles. The van der Waals surface area contributed by atoms with Crippen molar-refractivity contribution in [3.8, 4) is 11.5 Å². The fraction of sp³-hybridized carbons (Fsp3) is 0.647. The maximum atomic E-state index is 5.72. The van der Waals surface area contributed by atoms with Gasteiger partial charge in [-0.25, -0.2) is 0 Å². The summed E-state index contributed by atoms with van der Waals surface area (Å²) in [7, 11) is 0. The predicted octanol–water partition coefficient (Wildman–Crippen LogP) is 3.32. The Hall–Kier alpha value is -1.22. The molecule has 0 radical (unpaired) electrons. The number of rotatable bonds is 2. The van der Waals surface area contributed by atoms with E-state index in [-0.39, 0.29) is 0 Å². The van der Waals surface area contributed by atoms with Gasteiger partial charge in [-0.3, -0.25) is 4.90 Å². The van der Waals surface area contributed by atoms with Crippen LogP contribution >= 0.6 is 0 Å². The molecule has 0 spiro atoms. The minimum atomic E-state index is 0.391. The van der Waals surface area contributed by atoms with E-state index in [1.165, 1.54) is 49.9 Å². The average Bonchev–Trinajstić information content (AvgIpc) is 2.96. The molecule has 0 saturated carbocycles. The highest BCUT2D eigenvalue weighted by Crippen LogP contribution is 2.47. The molecule has 0 aromatic heterocycles. The highest BCUT2D eigenvalue weighted by Gasteiger charge is 2.38. The highest BCUT2D eigenvalue weighted by molar-refractivity contribution is 5.54. The van der Waals surface area contributed by atoms with Gasteiger partial charge in [0.2, 0.25) is 6.79 Å². The molecule has 2 atom stereocenters. The van der Waals surface area contributed by atoms with Gasteiger partial charge in [0.05, 0.1) is 0 Å². The minimum absolute atomic E-state index is 0.391. The van der Waals surface area contributed by atoms with Gasteiger partial charge in [0.15, 0.2) is 11.5 Å². The summed E-state index contributed by atoms with van der Waals surface area (Å²) in [6.45, 7) is 5.22. The lowest BCUT2D eigenvalue weighted by Crippen LogP contribution is -2.46. The van der Waals surface area contributed by atoms with Gasteiger partial charge >= 0.3 is 0 Å². The Morgan fingerprint density at radius 1 is 1.25 bits per heavy atom. The monoisotopic (exact) mass is 273 g/mol. The molecule has 1 fully saturated rings. The molecule has 3 nitrogen and oxygen atoms in total. The first kappa shape index (κ1) is 12.5. The first-order valence-electron chi connectivity index (χ1n) is 8.04. The smallest absolute Gasteiger partial charge is 0.231 e. The van der Waals surface area contributed by atoms with E-state index in [0.29, 0.717) is 12.7 Å². The standard InChI is InChI=1S/C17H23NO2/c1-2-9-18-10-3-4-13-12-6-8-16-17(20-11-19-16)14(12)5-7-15(13)18/h6,8,13,15H,2-5,7,9-11H2,1H3/t13-,15-/m0/s1. The molecule has 4 rings (SSSR count). The Labute approximate surface area is 120 Å². The van der Waals surface area contributed by atoms with Gasteiger partial charge in [-0.2, -0.15) is 0 Å². The molecule has 0 N–H and O–H groups in total. The van der Waals surface area contributed by atoms with Crippen LogP contribution in [0, 0.1) is 0 Å². The van der Waals surface area contributed by atoms with Crippen molar-refractivity contribution < 1.29 is 9.47 Å². The summed E-state index contributed by atoms with van der Waals surface area (Å²) in [5, 5.41) is 0. The second-order valence-corrected chi connectivity index (χ2v) is 6.26. The molecule has 2 heterocycles. The number of ether oxygens (including phenoxy) is 2. The van der Waals surface area contributed by atoms with Crippen LogP contribution < -0.4 is 9.47 Å². The van der Waals surface area contributed by atoms with Gasteiger partial charge in [0.25, 0.3) is 0 Å². The van der Waals surface area contributed by atoms with Gasteiger partial charge < -0.3 is 9.47 Å². The van der Waals surface area contributed by atoms with Crippen molar-refractivity contribution in [2.45, 2.75) is 51.0 Å². The molecule has 108 valence electrons. The fourth-order valence-electron chi connectivity index (χ4n) is 4.38. The lowest BCUT2D eigenvalue weighted by molar-refractivity contribution is 0.112. The Kier molecular flexibility index (Phi) is 3.10. The van der Waals surface area contributed by atoms with Crippen molar-refractivity contribution in [2.24, 2.45) is 0 Å². The summed E-state index contributed by atoms with van der Waals surface area (Å²) in [6, 6.07) is 5.16. The molecule has 0 unspecified atom stereocenters. The van der Waals surface area contributed by atoms with Gasteiger partial charge in [0.1, 0.15) is 0 Å². The molecule has 3 aliphatic rings. The summed E-state index contributed by atoms with van der Waals surface area (Å²) in [5.41, 5.74) is 2.96. The fourth-order valence-corrected chi connectivity index (χ4v) is 4.38. The van der Waals surface area contributed by atoms with Gasteiger partial charge in [0, 0.05) is 11.6 Å². The SMILES string of the molecule is CCCN1CCC[C@H]2c3ccc4c(c3CC[C@@H]21)OCO4. The van der Waals surface area contributed by atoms with E-state index in [1.807, 2.05) is 0 Å². The van der Waals surface area contributed by atoms with E-state index in [9.17, 15) is 0 Å². The quantitative estimate of drug-likeness (QED) is 0.825. The largest absolute Gasteiger partial charge is 0.454 e. The number of hydrogen-bond acceptors (Lipinski definition) is 3. The van der Waals surface area contributed by atoms with Gasteiger partial charge in [-0.1, -0.05) is 13.0 Å². The lowest BCUT2D eigenvalue weighted by Gasteiger charge is -2.45. The van der Waals surface area contributed by atoms with Crippen LogP contribution in [-0.4, -0.2) is 30.8 Å². The van der Waals surface area contributed by atoms with E-state index >= 15 is 0 Å². The van der Waals surface area contributed by atoms with Crippen LogP contribution in [0.15, 0.2) is 12.1 Å². The Balaban J connectivity index is 1.70. The van der Waals surface area contributed by atoms with E-state index in [2.05, 4.69) is 24.0 Å². The molecule has 20 heavy (non-hydrogen) atoms. The van der Waals surface area contributed by atoms with E-state index in [0.717, 1.165) is 24.0 Å². The zero-order chi connectivity index (χ0) is 13.5. The number of nitrogens with zero attached hydrogens (tertiary/aromatic N) is 1. The summed E-state index contributed by atoms with van der Waals surface area (Å²) in [6.07, 6.45) is 6.34. The maximum absolute atomic E-state index is 5.72. The first-order chi connectivity index (χ1) is 9.88. The van der Waals surface area contributed by atoms with Crippen LogP contribution in [0.25, 0.3) is 0 Å². The van der Waals surface area contributed by atoms with Crippen molar-refractivity contribution >= 4 is 0 Å². The van der Waals surface area contributed by atoms with Crippen LogP contribution in [0.5, 0.6) is 11.5 Å². The Bertz CT molecular complexity index is 512. The van der Waals surface area contributed by atoms with Crippen molar-refractivity contribution in [2.75, 3.05) is 19.9 Å². The van der Waals surface area contributed by atoms with Crippen molar-refractivity contribution in [3.05, 3.63) is 23.3 Å². The van der Waals surface area contributed by atoms with Gasteiger partial charge in [-0.15, -0.1) is 0 Å². The minimum Gasteiger partial charge on any atom is -0.454 e. The topological polar surface area (TPSA) is 21.7 Å². The third-order valence-corrected chi connectivity index (χ3v) is 5.17. The third kappa shape index (κ3) is 1.83. The van der Waals surface area contributed by atoms with E-state index in [4.69, 9.17) is 9.47 Å². The summed E-state index contributed by atoms with van der Waals surface area (Å²) in [5.74, 6) is 2.69. The number of piperidine rings is 1. The summed E-state index contributed by atoms with van der Waals surface area (Å²) >= 11 is 0. The average molecular weight is 273 g/mol. The number of benzene rings is 1. The molecule has 2 aliphatic heterocycles. The molecule has 0 amide bonds. The number of fused-ring (bicyclic) bond motifs is 5. The number of likely N-dealkylation sites (tertiary alicyclic amines) is 1.